The molecule has 1 atom stereocenters. The van der Waals surface area contributed by atoms with E-state index in [9.17, 15) is 8.78 Å². The predicted molar refractivity (Wildman–Crippen MR) is 48.7 cm³/mol. The maximum Gasteiger partial charge on any atom is 0.172 e. The van der Waals surface area contributed by atoms with Gasteiger partial charge in [-0.1, -0.05) is 0 Å². The van der Waals surface area contributed by atoms with Gasteiger partial charge in [0.15, 0.2) is 11.4 Å². The molecule has 1 aromatic carbocycles. The molecule has 1 unspecified atom stereocenters. The van der Waals surface area contributed by atoms with Gasteiger partial charge in [-0.15, -0.1) is 0 Å². The van der Waals surface area contributed by atoms with Crippen LogP contribution in [0, 0.1) is 11.6 Å². The summed E-state index contributed by atoms with van der Waals surface area (Å²) in [7, 11) is 0. The molecule has 14 heavy (non-hydrogen) atoms. The van der Waals surface area contributed by atoms with Crippen LogP contribution in [0.15, 0.2) is 22.8 Å². The summed E-state index contributed by atoms with van der Waals surface area (Å²) >= 11 is 0. The van der Waals surface area contributed by atoms with E-state index in [1.807, 2.05) is 0 Å². The molecule has 1 aromatic heterocycles. The SMILES string of the molecule is CC(N)c1coc2c(F)ccc(F)c12. The van der Waals surface area contributed by atoms with Gasteiger partial charge in [-0.25, -0.2) is 8.78 Å². The fourth-order valence-corrected chi connectivity index (χ4v) is 1.43. The van der Waals surface area contributed by atoms with Crippen molar-refractivity contribution in [2.75, 3.05) is 0 Å². The highest BCUT2D eigenvalue weighted by Crippen LogP contribution is 2.29. The van der Waals surface area contributed by atoms with E-state index in [1.54, 1.807) is 6.92 Å². The van der Waals surface area contributed by atoms with Crippen molar-refractivity contribution in [3.63, 3.8) is 0 Å². The van der Waals surface area contributed by atoms with Crippen LogP contribution in [0.2, 0.25) is 0 Å². The molecule has 0 saturated heterocycles. The fraction of sp³-hybridized carbons (Fsp3) is 0.200. The van der Waals surface area contributed by atoms with Crippen LogP contribution in [-0.2, 0) is 0 Å². The lowest BCUT2D eigenvalue weighted by Crippen LogP contribution is -2.04. The minimum Gasteiger partial charge on any atom is -0.461 e. The molecule has 0 amide bonds. The molecular formula is C10H9F2NO. The smallest absolute Gasteiger partial charge is 0.172 e. The first-order valence-corrected chi connectivity index (χ1v) is 4.22. The van der Waals surface area contributed by atoms with Crippen LogP contribution in [0.4, 0.5) is 8.78 Å². The highest BCUT2D eigenvalue weighted by molar-refractivity contribution is 5.82. The van der Waals surface area contributed by atoms with Gasteiger partial charge in [0.05, 0.1) is 11.6 Å². The maximum atomic E-state index is 13.3. The van der Waals surface area contributed by atoms with Crippen LogP contribution in [0.25, 0.3) is 11.0 Å². The summed E-state index contributed by atoms with van der Waals surface area (Å²) in [4.78, 5) is 0. The molecule has 2 N–H and O–H groups in total. The van der Waals surface area contributed by atoms with E-state index >= 15 is 0 Å². The Labute approximate surface area is 79.3 Å². The number of halogens is 2. The van der Waals surface area contributed by atoms with Crippen molar-refractivity contribution in [1.29, 1.82) is 0 Å². The zero-order valence-electron chi connectivity index (χ0n) is 7.55. The Kier molecular flexibility index (Phi) is 2.00. The van der Waals surface area contributed by atoms with Gasteiger partial charge in [-0.3, -0.25) is 0 Å². The van der Waals surface area contributed by atoms with Crippen LogP contribution in [-0.4, -0.2) is 0 Å². The Balaban J connectivity index is 2.84. The first kappa shape index (κ1) is 9.15. The van der Waals surface area contributed by atoms with E-state index in [0.29, 0.717) is 5.56 Å². The summed E-state index contributed by atoms with van der Waals surface area (Å²) in [6.45, 7) is 1.69. The highest BCUT2D eigenvalue weighted by Gasteiger charge is 2.16. The van der Waals surface area contributed by atoms with Crippen molar-refractivity contribution in [3.8, 4) is 0 Å². The zero-order chi connectivity index (χ0) is 10.3. The lowest BCUT2D eigenvalue weighted by molar-refractivity contribution is 0.552. The monoisotopic (exact) mass is 197 g/mol. The van der Waals surface area contributed by atoms with E-state index in [0.717, 1.165) is 12.1 Å². The summed E-state index contributed by atoms with van der Waals surface area (Å²) in [5, 5.41) is 0.139. The average molecular weight is 197 g/mol. The number of rotatable bonds is 1. The van der Waals surface area contributed by atoms with E-state index in [2.05, 4.69) is 0 Å². The molecule has 0 aliphatic rings. The molecule has 1 heterocycles. The summed E-state index contributed by atoms with van der Waals surface area (Å²) < 4.78 is 31.4. The third kappa shape index (κ3) is 1.19. The number of furan rings is 1. The fourth-order valence-electron chi connectivity index (χ4n) is 1.43. The van der Waals surface area contributed by atoms with Crippen molar-refractivity contribution in [2.45, 2.75) is 13.0 Å². The van der Waals surface area contributed by atoms with Crippen molar-refractivity contribution in [3.05, 3.63) is 35.6 Å². The molecule has 0 bridgehead atoms. The highest BCUT2D eigenvalue weighted by atomic mass is 19.1. The van der Waals surface area contributed by atoms with Gasteiger partial charge < -0.3 is 10.2 Å². The Morgan fingerprint density at radius 3 is 2.57 bits per heavy atom. The number of nitrogens with two attached hydrogens (primary N) is 1. The standard InChI is InChI=1S/C10H9F2NO/c1-5(13)6-4-14-10-8(12)3-2-7(11)9(6)10/h2-5H,13H2,1H3. The molecule has 0 spiro atoms. The minimum absolute atomic E-state index is 0.0719. The van der Waals surface area contributed by atoms with Gasteiger partial charge in [-0.05, 0) is 19.1 Å². The van der Waals surface area contributed by atoms with Gasteiger partial charge >= 0.3 is 0 Å². The molecule has 0 fully saturated rings. The van der Waals surface area contributed by atoms with Crippen LogP contribution in [0.1, 0.15) is 18.5 Å². The molecule has 2 rings (SSSR count). The van der Waals surface area contributed by atoms with E-state index in [4.69, 9.17) is 10.2 Å². The van der Waals surface area contributed by atoms with E-state index in [-0.39, 0.29) is 17.0 Å². The minimum atomic E-state index is -0.576. The van der Waals surface area contributed by atoms with Crippen molar-refractivity contribution in [1.82, 2.24) is 0 Å². The van der Waals surface area contributed by atoms with E-state index < -0.39 is 11.6 Å². The van der Waals surface area contributed by atoms with Crippen LogP contribution in [0.5, 0.6) is 0 Å². The van der Waals surface area contributed by atoms with Crippen molar-refractivity contribution < 1.29 is 13.2 Å². The second-order valence-corrected chi connectivity index (χ2v) is 3.21. The van der Waals surface area contributed by atoms with Crippen LogP contribution >= 0.6 is 0 Å². The average Bonchev–Trinajstić information content (AvgIpc) is 2.56. The molecule has 4 heteroatoms. The molecule has 74 valence electrons. The molecule has 0 aliphatic carbocycles. The number of benzene rings is 1. The molecule has 0 aliphatic heterocycles. The Morgan fingerprint density at radius 2 is 1.93 bits per heavy atom. The topological polar surface area (TPSA) is 39.2 Å². The van der Waals surface area contributed by atoms with Crippen molar-refractivity contribution >= 4 is 11.0 Å². The quantitative estimate of drug-likeness (QED) is 0.763. The third-order valence-electron chi connectivity index (χ3n) is 2.14. The Hall–Kier alpha value is -1.42. The van der Waals surface area contributed by atoms with Crippen LogP contribution < -0.4 is 5.73 Å². The van der Waals surface area contributed by atoms with Crippen molar-refractivity contribution in [2.24, 2.45) is 5.73 Å². The van der Waals surface area contributed by atoms with Gasteiger partial charge in [0.25, 0.3) is 0 Å². The third-order valence-corrected chi connectivity index (χ3v) is 2.14. The second-order valence-electron chi connectivity index (χ2n) is 3.21. The van der Waals surface area contributed by atoms with Gasteiger partial charge in [-0.2, -0.15) is 0 Å². The van der Waals surface area contributed by atoms with Gasteiger partial charge in [0, 0.05) is 11.6 Å². The first-order chi connectivity index (χ1) is 6.61. The zero-order valence-corrected chi connectivity index (χ0v) is 7.55. The largest absolute Gasteiger partial charge is 0.461 e. The lowest BCUT2D eigenvalue weighted by atomic mass is 10.1. The summed E-state index contributed by atoms with van der Waals surface area (Å²) in [5.74, 6) is -1.09. The molecular weight excluding hydrogens is 188 g/mol. The Morgan fingerprint density at radius 1 is 1.29 bits per heavy atom. The first-order valence-electron chi connectivity index (χ1n) is 4.22. The molecule has 2 nitrogen and oxygen atoms in total. The number of hydrogen-bond acceptors (Lipinski definition) is 2. The molecule has 0 saturated carbocycles. The summed E-state index contributed by atoms with van der Waals surface area (Å²) in [6.07, 6.45) is 1.29. The van der Waals surface area contributed by atoms with E-state index in [1.165, 1.54) is 6.26 Å². The normalized spacial score (nSPS) is 13.4. The molecule has 2 aromatic rings. The summed E-state index contributed by atoms with van der Waals surface area (Å²) in [6, 6.07) is 1.72. The summed E-state index contributed by atoms with van der Waals surface area (Å²) in [5.41, 5.74) is 6.01. The predicted octanol–water partition coefficient (Wildman–Crippen LogP) is 2.73. The lowest BCUT2D eigenvalue weighted by Gasteiger charge is -2.01. The number of hydrogen-bond donors (Lipinski definition) is 1. The Bertz CT molecular complexity index is 476. The second kappa shape index (κ2) is 3.06. The molecule has 0 radical (unpaired) electrons. The number of fused-ring (bicyclic) bond motifs is 1. The van der Waals surface area contributed by atoms with Crippen LogP contribution in [0.3, 0.4) is 0 Å². The van der Waals surface area contributed by atoms with Gasteiger partial charge in [0.1, 0.15) is 5.82 Å². The maximum absolute atomic E-state index is 13.3. The van der Waals surface area contributed by atoms with Gasteiger partial charge in [0.2, 0.25) is 0 Å².